The van der Waals surface area contributed by atoms with E-state index in [1.54, 1.807) is 37.0 Å². The molecule has 0 saturated carbocycles. The number of aryl methyl sites for hydroxylation is 2. The van der Waals surface area contributed by atoms with E-state index >= 15 is 0 Å². The Morgan fingerprint density at radius 3 is 2.73 bits per heavy atom. The van der Waals surface area contributed by atoms with E-state index in [4.69, 9.17) is 0 Å². The van der Waals surface area contributed by atoms with Crippen LogP contribution in [0.3, 0.4) is 0 Å². The molecule has 7 nitrogen and oxygen atoms in total. The van der Waals surface area contributed by atoms with Gasteiger partial charge in [-0.05, 0) is 36.2 Å². The third kappa shape index (κ3) is 3.56. The Morgan fingerprint density at radius 1 is 1.19 bits per heavy atom. The van der Waals surface area contributed by atoms with Crippen LogP contribution in [0.2, 0.25) is 0 Å². The van der Waals surface area contributed by atoms with Crippen LogP contribution in [0.15, 0.2) is 42.5 Å². The maximum absolute atomic E-state index is 12.6. The van der Waals surface area contributed by atoms with Gasteiger partial charge in [0.15, 0.2) is 0 Å². The van der Waals surface area contributed by atoms with E-state index in [9.17, 15) is 9.59 Å². The summed E-state index contributed by atoms with van der Waals surface area (Å²) in [6.45, 7) is 2.00. The highest BCUT2D eigenvalue weighted by Crippen LogP contribution is 2.16. The minimum atomic E-state index is -0.239. The van der Waals surface area contributed by atoms with Crippen LogP contribution >= 0.6 is 0 Å². The molecule has 0 atom stereocenters. The van der Waals surface area contributed by atoms with Gasteiger partial charge in [-0.1, -0.05) is 30.3 Å². The Labute approximate surface area is 151 Å². The fourth-order valence-corrected chi connectivity index (χ4v) is 2.82. The molecule has 0 radical (unpaired) electrons. The van der Waals surface area contributed by atoms with Gasteiger partial charge in [0.1, 0.15) is 5.52 Å². The van der Waals surface area contributed by atoms with Crippen molar-refractivity contribution >= 4 is 28.5 Å². The van der Waals surface area contributed by atoms with Crippen molar-refractivity contribution in [3.63, 3.8) is 0 Å². The fraction of sp³-hybridized carbons (Fsp3) is 0.263. The van der Waals surface area contributed by atoms with Crippen LogP contribution in [0.1, 0.15) is 22.8 Å². The van der Waals surface area contributed by atoms with E-state index in [2.05, 4.69) is 15.6 Å². The molecular formula is C19H21N5O2. The van der Waals surface area contributed by atoms with Gasteiger partial charge in [-0.25, -0.2) is 4.68 Å². The van der Waals surface area contributed by atoms with E-state index in [0.717, 1.165) is 23.2 Å². The second kappa shape index (κ2) is 7.35. The average Bonchev–Trinajstić information content (AvgIpc) is 3.01. The van der Waals surface area contributed by atoms with Gasteiger partial charge in [-0.3, -0.25) is 9.59 Å². The maximum atomic E-state index is 12.6. The van der Waals surface area contributed by atoms with E-state index < -0.39 is 0 Å². The highest BCUT2D eigenvalue weighted by Gasteiger charge is 2.17. The first-order valence-electron chi connectivity index (χ1n) is 8.42. The first kappa shape index (κ1) is 17.6. The Bertz CT molecular complexity index is 963. The smallest absolute Gasteiger partial charge is 0.254 e. The summed E-state index contributed by atoms with van der Waals surface area (Å²) >= 11 is 0. The lowest BCUT2D eigenvalue weighted by Crippen LogP contribution is -2.35. The number of aromatic nitrogens is 3. The summed E-state index contributed by atoms with van der Waals surface area (Å²) in [5.41, 5.74) is 3.80. The maximum Gasteiger partial charge on any atom is 0.254 e. The number of hydrogen-bond donors (Lipinski definition) is 1. The normalized spacial score (nSPS) is 10.7. The Morgan fingerprint density at radius 2 is 1.96 bits per heavy atom. The summed E-state index contributed by atoms with van der Waals surface area (Å²) in [5, 5.41) is 10.8. The van der Waals surface area contributed by atoms with Crippen LogP contribution in [0.25, 0.3) is 11.0 Å². The lowest BCUT2D eigenvalue weighted by Gasteiger charge is -2.17. The minimum Gasteiger partial charge on any atom is -0.332 e. The highest BCUT2D eigenvalue weighted by atomic mass is 16.2. The number of nitrogens with zero attached hydrogens (tertiary/aromatic N) is 4. The average molecular weight is 351 g/mol. The highest BCUT2D eigenvalue weighted by molar-refractivity contribution is 6.01. The van der Waals surface area contributed by atoms with Crippen LogP contribution in [0.4, 0.5) is 5.69 Å². The predicted octanol–water partition coefficient (Wildman–Crippen LogP) is 2.24. The van der Waals surface area contributed by atoms with Crippen molar-refractivity contribution in [3.8, 4) is 0 Å². The molecule has 0 aliphatic carbocycles. The summed E-state index contributed by atoms with van der Waals surface area (Å²) in [5.74, 6) is -0.473. The number of anilines is 1. The molecule has 1 N–H and O–H groups in total. The topological polar surface area (TPSA) is 80.1 Å². The first-order valence-corrected chi connectivity index (χ1v) is 8.42. The van der Waals surface area contributed by atoms with Crippen LogP contribution < -0.4 is 5.32 Å². The number of fused-ring (bicyclic) bond motifs is 1. The Hall–Kier alpha value is -3.22. The zero-order valence-corrected chi connectivity index (χ0v) is 15.1. The molecule has 7 heteroatoms. The largest absolute Gasteiger partial charge is 0.332 e. The second-order valence-electron chi connectivity index (χ2n) is 6.14. The van der Waals surface area contributed by atoms with E-state index in [-0.39, 0.29) is 18.4 Å². The van der Waals surface area contributed by atoms with Gasteiger partial charge in [0.05, 0.1) is 12.1 Å². The van der Waals surface area contributed by atoms with Crippen LogP contribution in [0, 0.1) is 0 Å². The van der Waals surface area contributed by atoms with Crippen molar-refractivity contribution in [1.29, 1.82) is 0 Å². The number of rotatable bonds is 5. The zero-order valence-electron chi connectivity index (χ0n) is 15.1. The fourth-order valence-electron chi connectivity index (χ4n) is 2.82. The van der Waals surface area contributed by atoms with Crippen molar-refractivity contribution in [2.24, 2.45) is 7.05 Å². The Balaban J connectivity index is 1.68. The van der Waals surface area contributed by atoms with Crippen molar-refractivity contribution in [3.05, 3.63) is 53.6 Å². The number of amides is 2. The molecule has 0 aliphatic heterocycles. The number of para-hydroxylation sites is 1. The van der Waals surface area contributed by atoms with Crippen molar-refractivity contribution in [1.82, 2.24) is 19.9 Å². The predicted molar refractivity (Wildman–Crippen MR) is 99.9 cm³/mol. The van der Waals surface area contributed by atoms with Crippen molar-refractivity contribution in [2.45, 2.75) is 13.3 Å². The summed E-state index contributed by atoms with van der Waals surface area (Å²) < 4.78 is 1.64. The quantitative estimate of drug-likeness (QED) is 0.764. The lowest BCUT2D eigenvalue weighted by molar-refractivity contribution is -0.116. The number of carbonyl (C=O) groups excluding carboxylic acids is 2. The molecule has 3 rings (SSSR count). The molecule has 26 heavy (non-hydrogen) atoms. The van der Waals surface area contributed by atoms with Gasteiger partial charge in [-0.15, -0.1) is 5.10 Å². The van der Waals surface area contributed by atoms with Gasteiger partial charge in [-0.2, -0.15) is 0 Å². The third-order valence-electron chi connectivity index (χ3n) is 4.26. The molecule has 1 aromatic heterocycles. The number of nitrogens with one attached hydrogen (secondary N) is 1. The number of likely N-dealkylation sites (N-methyl/N-ethyl adjacent to an activating group) is 1. The number of benzene rings is 2. The molecule has 0 saturated heterocycles. The van der Waals surface area contributed by atoms with E-state index in [1.807, 2.05) is 31.2 Å². The number of carbonyl (C=O) groups is 2. The molecule has 0 aliphatic rings. The number of hydrogen-bond acceptors (Lipinski definition) is 4. The van der Waals surface area contributed by atoms with Gasteiger partial charge in [0, 0.05) is 25.3 Å². The van der Waals surface area contributed by atoms with Gasteiger partial charge >= 0.3 is 0 Å². The molecule has 2 amide bonds. The third-order valence-corrected chi connectivity index (χ3v) is 4.26. The standard InChI is InChI=1S/C19H21N5O2/c1-4-13-7-5-6-8-15(13)20-18(25)12-23(2)19(26)14-9-10-17-16(11-14)21-22-24(17)3/h5-11H,4,12H2,1-3H3,(H,20,25). The van der Waals surface area contributed by atoms with Gasteiger partial charge in [0.25, 0.3) is 5.91 Å². The summed E-state index contributed by atoms with van der Waals surface area (Å²) in [6.07, 6.45) is 0.823. The first-order chi connectivity index (χ1) is 12.5. The Kier molecular flexibility index (Phi) is 4.97. The van der Waals surface area contributed by atoms with Crippen LogP contribution in [0.5, 0.6) is 0 Å². The second-order valence-corrected chi connectivity index (χ2v) is 6.14. The zero-order chi connectivity index (χ0) is 18.7. The lowest BCUT2D eigenvalue weighted by atomic mass is 10.1. The van der Waals surface area contributed by atoms with E-state index in [1.165, 1.54) is 4.90 Å². The molecule has 0 bridgehead atoms. The summed E-state index contributed by atoms with van der Waals surface area (Å²) in [6, 6.07) is 12.8. The molecule has 3 aromatic rings. The summed E-state index contributed by atoms with van der Waals surface area (Å²) in [4.78, 5) is 26.3. The van der Waals surface area contributed by atoms with Crippen LogP contribution in [-0.4, -0.2) is 45.3 Å². The molecule has 0 unspecified atom stereocenters. The van der Waals surface area contributed by atoms with Crippen molar-refractivity contribution in [2.75, 3.05) is 18.9 Å². The van der Waals surface area contributed by atoms with Gasteiger partial charge < -0.3 is 10.2 Å². The minimum absolute atomic E-state index is 0.0324. The monoisotopic (exact) mass is 351 g/mol. The van der Waals surface area contributed by atoms with E-state index in [0.29, 0.717) is 11.1 Å². The molecule has 2 aromatic carbocycles. The molecule has 1 heterocycles. The molecular weight excluding hydrogens is 330 g/mol. The van der Waals surface area contributed by atoms with Gasteiger partial charge in [0.2, 0.25) is 5.91 Å². The van der Waals surface area contributed by atoms with Crippen LogP contribution in [-0.2, 0) is 18.3 Å². The summed E-state index contributed by atoms with van der Waals surface area (Å²) in [7, 11) is 3.40. The molecule has 0 spiro atoms. The molecule has 0 fully saturated rings. The molecule has 134 valence electrons. The van der Waals surface area contributed by atoms with Crippen molar-refractivity contribution < 1.29 is 9.59 Å². The SMILES string of the molecule is CCc1ccccc1NC(=O)CN(C)C(=O)c1ccc2c(c1)nnn2C.